The molecule has 1 aromatic heterocycles. The number of benzene rings is 1. The third-order valence-corrected chi connectivity index (χ3v) is 5.16. The first-order chi connectivity index (χ1) is 12.1. The number of piperidine rings is 1. The largest absolute Gasteiger partial charge is 0.494 e. The van der Waals surface area contributed by atoms with Gasteiger partial charge in [-0.15, -0.1) is 11.3 Å². The first-order valence-electron chi connectivity index (χ1n) is 8.05. The molecular weight excluding hydrogens is 343 g/mol. The summed E-state index contributed by atoms with van der Waals surface area (Å²) in [6.45, 7) is 1.10. The number of nitrogens with zero attached hydrogens (tertiary/aromatic N) is 1. The Hall–Kier alpha value is -2.41. The molecule has 2 heterocycles. The van der Waals surface area contributed by atoms with Crippen molar-refractivity contribution in [1.29, 1.82) is 0 Å². The van der Waals surface area contributed by atoms with Gasteiger partial charge in [0, 0.05) is 25.1 Å². The minimum atomic E-state index is -0.421. The quantitative estimate of drug-likeness (QED) is 0.907. The van der Waals surface area contributed by atoms with Gasteiger partial charge in [-0.1, -0.05) is 6.07 Å². The number of rotatable bonds is 4. The van der Waals surface area contributed by atoms with Gasteiger partial charge in [-0.25, -0.2) is 4.39 Å². The molecule has 0 aliphatic carbocycles. The van der Waals surface area contributed by atoms with E-state index in [1.165, 1.54) is 36.6 Å². The molecule has 2 aromatic rings. The summed E-state index contributed by atoms with van der Waals surface area (Å²) in [5.74, 6) is -0.418. The van der Waals surface area contributed by atoms with Crippen molar-refractivity contribution >= 4 is 28.8 Å². The Morgan fingerprint density at radius 1 is 1.28 bits per heavy atom. The zero-order chi connectivity index (χ0) is 17.8. The van der Waals surface area contributed by atoms with Gasteiger partial charge in [-0.3, -0.25) is 9.59 Å². The highest BCUT2D eigenvalue weighted by Gasteiger charge is 2.28. The van der Waals surface area contributed by atoms with E-state index in [4.69, 9.17) is 4.74 Å². The second kappa shape index (κ2) is 7.65. The minimum Gasteiger partial charge on any atom is -0.494 e. The molecule has 7 heteroatoms. The number of nitrogens with one attached hydrogen (secondary N) is 1. The minimum absolute atomic E-state index is 0.0223. The number of amides is 2. The predicted molar refractivity (Wildman–Crippen MR) is 94.5 cm³/mol. The number of methoxy groups -OCH3 is 1. The van der Waals surface area contributed by atoms with E-state index in [0.29, 0.717) is 37.4 Å². The molecular formula is C18H19FN2O3S. The number of anilines is 1. The van der Waals surface area contributed by atoms with Crippen LogP contribution in [0.5, 0.6) is 5.75 Å². The first-order valence-corrected chi connectivity index (χ1v) is 8.93. The molecule has 1 aliphatic rings. The van der Waals surface area contributed by atoms with Gasteiger partial charge in [0.05, 0.1) is 17.7 Å². The molecule has 0 unspecified atom stereocenters. The van der Waals surface area contributed by atoms with Crippen LogP contribution in [0.1, 0.15) is 22.5 Å². The van der Waals surface area contributed by atoms with Crippen LogP contribution >= 0.6 is 11.3 Å². The number of carbonyl (C=O) groups excluding carboxylic acids is 2. The van der Waals surface area contributed by atoms with Crippen LogP contribution in [0.25, 0.3) is 0 Å². The molecule has 1 aliphatic heterocycles. The first kappa shape index (κ1) is 17.4. The van der Waals surface area contributed by atoms with Gasteiger partial charge in [0.15, 0.2) is 0 Å². The Bertz CT molecular complexity index is 756. The van der Waals surface area contributed by atoms with E-state index in [9.17, 15) is 14.0 Å². The Morgan fingerprint density at radius 3 is 2.68 bits per heavy atom. The molecule has 0 atom stereocenters. The smallest absolute Gasteiger partial charge is 0.263 e. The summed E-state index contributed by atoms with van der Waals surface area (Å²) >= 11 is 1.42. The molecule has 1 fully saturated rings. The standard InChI is InChI=1S/C18H19FN2O3S/c1-24-15-11-13(19)4-5-14(15)20-17(22)12-6-8-21(9-7-12)18(23)16-3-2-10-25-16/h2-5,10-12H,6-9H2,1H3,(H,20,22). The Balaban J connectivity index is 1.58. The molecule has 132 valence electrons. The van der Waals surface area contributed by atoms with E-state index >= 15 is 0 Å². The van der Waals surface area contributed by atoms with Crippen molar-refractivity contribution < 1.29 is 18.7 Å². The molecule has 1 aromatic carbocycles. The highest BCUT2D eigenvalue weighted by atomic mass is 32.1. The lowest BCUT2D eigenvalue weighted by molar-refractivity contribution is -0.121. The summed E-state index contributed by atoms with van der Waals surface area (Å²) in [6, 6.07) is 7.67. The average Bonchev–Trinajstić information content (AvgIpc) is 3.17. The van der Waals surface area contributed by atoms with Crippen molar-refractivity contribution in [2.45, 2.75) is 12.8 Å². The van der Waals surface area contributed by atoms with Crippen LogP contribution in [-0.2, 0) is 4.79 Å². The lowest BCUT2D eigenvalue weighted by atomic mass is 9.95. The van der Waals surface area contributed by atoms with E-state index in [1.807, 2.05) is 17.5 Å². The van der Waals surface area contributed by atoms with Gasteiger partial charge in [0.25, 0.3) is 5.91 Å². The molecule has 0 bridgehead atoms. The van der Waals surface area contributed by atoms with E-state index in [-0.39, 0.29) is 17.7 Å². The highest BCUT2D eigenvalue weighted by molar-refractivity contribution is 7.12. The number of likely N-dealkylation sites (tertiary alicyclic amines) is 1. The number of halogens is 1. The van der Waals surface area contributed by atoms with Gasteiger partial charge in [0.1, 0.15) is 11.6 Å². The average molecular weight is 362 g/mol. The fourth-order valence-corrected chi connectivity index (χ4v) is 3.59. The summed E-state index contributed by atoms with van der Waals surface area (Å²) in [4.78, 5) is 27.3. The van der Waals surface area contributed by atoms with Crippen LogP contribution in [0.2, 0.25) is 0 Å². The van der Waals surface area contributed by atoms with Crippen LogP contribution in [0, 0.1) is 11.7 Å². The summed E-state index contributed by atoms with van der Waals surface area (Å²) in [7, 11) is 1.43. The van der Waals surface area contributed by atoms with Gasteiger partial charge < -0.3 is 15.0 Å². The van der Waals surface area contributed by atoms with E-state index in [1.54, 1.807) is 4.90 Å². The van der Waals surface area contributed by atoms with Crippen molar-refractivity contribution in [1.82, 2.24) is 4.90 Å². The maximum absolute atomic E-state index is 13.2. The molecule has 25 heavy (non-hydrogen) atoms. The second-order valence-electron chi connectivity index (χ2n) is 5.88. The Kier molecular flexibility index (Phi) is 5.33. The van der Waals surface area contributed by atoms with Crippen molar-refractivity contribution in [3.05, 3.63) is 46.4 Å². The number of thiophene rings is 1. The lowest BCUT2D eigenvalue weighted by Crippen LogP contribution is -2.41. The molecule has 0 radical (unpaired) electrons. The van der Waals surface area contributed by atoms with Gasteiger partial charge in [-0.05, 0) is 36.4 Å². The fraction of sp³-hybridized carbons (Fsp3) is 0.333. The summed E-state index contributed by atoms with van der Waals surface area (Å²) in [5, 5.41) is 4.68. The van der Waals surface area contributed by atoms with Gasteiger partial charge >= 0.3 is 0 Å². The summed E-state index contributed by atoms with van der Waals surface area (Å²) < 4.78 is 18.3. The van der Waals surface area contributed by atoms with Gasteiger partial charge in [0.2, 0.25) is 5.91 Å². The SMILES string of the molecule is COc1cc(F)ccc1NC(=O)C1CCN(C(=O)c2cccs2)CC1. The molecule has 1 N–H and O–H groups in total. The van der Waals surface area contributed by atoms with Crippen LogP contribution < -0.4 is 10.1 Å². The zero-order valence-electron chi connectivity index (χ0n) is 13.8. The molecule has 0 saturated carbocycles. The normalized spacial score (nSPS) is 15.0. The second-order valence-corrected chi connectivity index (χ2v) is 6.83. The number of hydrogen-bond acceptors (Lipinski definition) is 4. The van der Waals surface area contributed by atoms with Crippen molar-refractivity contribution in [2.24, 2.45) is 5.92 Å². The van der Waals surface area contributed by atoms with E-state index < -0.39 is 5.82 Å². The Labute approximate surface area is 149 Å². The van der Waals surface area contributed by atoms with E-state index in [0.717, 1.165) is 4.88 Å². The number of carbonyl (C=O) groups is 2. The van der Waals surface area contributed by atoms with Crippen molar-refractivity contribution in [3.8, 4) is 5.75 Å². The maximum atomic E-state index is 13.2. The van der Waals surface area contributed by atoms with Crippen LogP contribution in [0.15, 0.2) is 35.7 Å². The van der Waals surface area contributed by atoms with Crippen LogP contribution in [0.3, 0.4) is 0 Å². The predicted octanol–water partition coefficient (Wildman–Crippen LogP) is 3.39. The third kappa shape index (κ3) is 3.99. The summed E-state index contributed by atoms with van der Waals surface area (Å²) in [6.07, 6.45) is 1.21. The molecule has 1 saturated heterocycles. The fourth-order valence-electron chi connectivity index (χ4n) is 2.90. The maximum Gasteiger partial charge on any atom is 0.263 e. The number of ether oxygens (including phenoxy) is 1. The zero-order valence-corrected chi connectivity index (χ0v) is 14.6. The van der Waals surface area contributed by atoms with Gasteiger partial charge in [-0.2, -0.15) is 0 Å². The van der Waals surface area contributed by atoms with E-state index in [2.05, 4.69) is 5.32 Å². The highest BCUT2D eigenvalue weighted by Crippen LogP contribution is 2.27. The molecule has 3 rings (SSSR count). The monoisotopic (exact) mass is 362 g/mol. The topological polar surface area (TPSA) is 58.6 Å². The molecule has 5 nitrogen and oxygen atoms in total. The van der Waals surface area contributed by atoms with Crippen molar-refractivity contribution in [2.75, 3.05) is 25.5 Å². The molecule has 2 amide bonds. The number of hydrogen-bond donors (Lipinski definition) is 1. The van der Waals surface area contributed by atoms with Crippen molar-refractivity contribution in [3.63, 3.8) is 0 Å². The third-order valence-electron chi connectivity index (χ3n) is 4.31. The molecule has 0 spiro atoms. The summed E-state index contributed by atoms with van der Waals surface area (Å²) in [5.41, 5.74) is 0.450. The lowest BCUT2D eigenvalue weighted by Gasteiger charge is -2.31. The van der Waals surface area contributed by atoms with Crippen LogP contribution in [0.4, 0.5) is 10.1 Å². The van der Waals surface area contributed by atoms with Crippen LogP contribution in [-0.4, -0.2) is 36.9 Å². The Morgan fingerprint density at radius 2 is 2.04 bits per heavy atom.